The quantitative estimate of drug-likeness (QED) is 0.858. The Kier molecular flexibility index (Phi) is 3.85. The van der Waals surface area contributed by atoms with Crippen molar-refractivity contribution < 1.29 is 26.7 Å². The normalized spacial score (nSPS) is 13.2. The number of anilines is 1. The van der Waals surface area contributed by atoms with Gasteiger partial charge in [0.2, 0.25) is 6.79 Å². The van der Waals surface area contributed by atoms with Gasteiger partial charge in [-0.15, -0.1) is 0 Å². The van der Waals surface area contributed by atoms with E-state index in [2.05, 4.69) is 0 Å². The zero-order valence-electron chi connectivity index (χ0n) is 12.1. The predicted octanol–water partition coefficient (Wildman–Crippen LogP) is 2.91. The molecule has 0 amide bonds. The Balaban J connectivity index is 2.05. The molecule has 8 heteroatoms. The number of hydrogen-bond donors (Lipinski definition) is 0. The molecule has 5 nitrogen and oxygen atoms in total. The second-order valence-electron chi connectivity index (χ2n) is 4.78. The lowest BCUT2D eigenvalue weighted by atomic mass is 10.3. The first-order valence-electron chi connectivity index (χ1n) is 6.81. The number of benzene rings is 2. The maximum Gasteiger partial charge on any atom is 0.267 e. The maximum absolute atomic E-state index is 13.9. The Hall–Kier alpha value is -2.35. The monoisotopic (exact) mass is 341 g/mol. The summed E-state index contributed by atoms with van der Waals surface area (Å²) in [6, 6.07) is 6.98. The molecule has 2 aromatic carbocycles. The van der Waals surface area contributed by atoms with Crippen molar-refractivity contribution in [1.82, 2.24) is 0 Å². The summed E-state index contributed by atoms with van der Waals surface area (Å²) in [5.41, 5.74) is 0.306. The fraction of sp³-hybridized carbons (Fsp3) is 0.200. The molecule has 0 spiro atoms. The Bertz CT molecular complexity index is 855. The van der Waals surface area contributed by atoms with Gasteiger partial charge in [-0.05, 0) is 31.2 Å². The lowest BCUT2D eigenvalue weighted by Gasteiger charge is -2.23. The molecule has 23 heavy (non-hydrogen) atoms. The Morgan fingerprint density at radius 2 is 1.83 bits per heavy atom. The van der Waals surface area contributed by atoms with Crippen LogP contribution in [0.4, 0.5) is 14.5 Å². The second-order valence-corrected chi connectivity index (χ2v) is 6.61. The average molecular weight is 341 g/mol. The molecular formula is C15H13F2NO4S. The third kappa shape index (κ3) is 2.70. The third-order valence-electron chi connectivity index (χ3n) is 3.39. The van der Waals surface area contributed by atoms with Crippen molar-refractivity contribution in [3.8, 4) is 11.5 Å². The first-order valence-corrected chi connectivity index (χ1v) is 8.25. The van der Waals surface area contributed by atoms with E-state index in [-0.39, 0.29) is 13.3 Å². The van der Waals surface area contributed by atoms with Crippen molar-refractivity contribution in [3.63, 3.8) is 0 Å². The van der Waals surface area contributed by atoms with Crippen LogP contribution in [-0.2, 0) is 10.0 Å². The molecule has 0 saturated carbocycles. The lowest BCUT2D eigenvalue weighted by Crippen LogP contribution is -2.31. The zero-order chi connectivity index (χ0) is 16.6. The number of nitrogens with zero attached hydrogens (tertiary/aromatic N) is 1. The van der Waals surface area contributed by atoms with Gasteiger partial charge in [0.25, 0.3) is 10.0 Å². The van der Waals surface area contributed by atoms with E-state index in [1.165, 1.54) is 12.1 Å². The molecule has 0 atom stereocenters. The molecule has 3 rings (SSSR count). The van der Waals surface area contributed by atoms with Crippen LogP contribution in [0.3, 0.4) is 0 Å². The van der Waals surface area contributed by atoms with E-state index in [1.54, 1.807) is 13.0 Å². The standard InChI is InChI=1S/C15H13F2NO4S/c1-2-18(11-4-5-13-14(8-11)22-9-21-13)23(19,20)15-6-3-10(16)7-12(15)17/h3-8H,2,9H2,1H3. The number of ether oxygens (including phenoxy) is 2. The highest BCUT2D eigenvalue weighted by Gasteiger charge is 2.28. The van der Waals surface area contributed by atoms with Gasteiger partial charge in [0.15, 0.2) is 11.5 Å². The van der Waals surface area contributed by atoms with Gasteiger partial charge < -0.3 is 9.47 Å². The SMILES string of the molecule is CCN(c1ccc2c(c1)OCO2)S(=O)(=O)c1ccc(F)cc1F. The topological polar surface area (TPSA) is 55.8 Å². The minimum absolute atomic E-state index is 0.0598. The molecule has 0 aliphatic carbocycles. The summed E-state index contributed by atoms with van der Waals surface area (Å²) in [5.74, 6) is -1.05. The first kappa shape index (κ1) is 15.5. The number of hydrogen-bond acceptors (Lipinski definition) is 4. The van der Waals surface area contributed by atoms with Crippen molar-refractivity contribution in [2.24, 2.45) is 0 Å². The molecule has 0 unspecified atom stereocenters. The van der Waals surface area contributed by atoms with Gasteiger partial charge in [-0.3, -0.25) is 4.31 Å². The summed E-state index contributed by atoms with van der Waals surface area (Å²) >= 11 is 0. The van der Waals surface area contributed by atoms with Crippen molar-refractivity contribution in [2.45, 2.75) is 11.8 Å². The summed E-state index contributed by atoms with van der Waals surface area (Å²) in [7, 11) is -4.17. The van der Waals surface area contributed by atoms with Crippen LogP contribution < -0.4 is 13.8 Å². The van der Waals surface area contributed by atoms with E-state index in [9.17, 15) is 17.2 Å². The third-order valence-corrected chi connectivity index (χ3v) is 5.33. The van der Waals surface area contributed by atoms with E-state index in [4.69, 9.17) is 9.47 Å². The summed E-state index contributed by atoms with van der Waals surface area (Å²) in [6.45, 7) is 1.74. The van der Waals surface area contributed by atoms with Crippen molar-refractivity contribution in [1.29, 1.82) is 0 Å². The molecule has 1 aliphatic heterocycles. The highest BCUT2D eigenvalue weighted by Crippen LogP contribution is 2.37. The van der Waals surface area contributed by atoms with Crippen LogP contribution >= 0.6 is 0 Å². The second kappa shape index (κ2) is 5.69. The summed E-state index contributed by atoms with van der Waals surface area (Å²) < 4.78 is 63.7. The zero-order valence-corrected chi connectivity index (χ0v) is 12.9. The number of halogens is 2. The predicted molar refractivity (Wildman–Crippen MR) is 79.1 cm³/mol. The van der Waals surface area contributed by atoms with Crippen LogP contribution in [0.25, 0.3) is 0 Å². The van der Waals surface area contributed by atoms with Crippen molar-refractivity contribution in [2.75, 3.05) is 17.6 Å². The van der Waals surface area contributed by atoms with Crippen LogP contribution in [0.1, 0.15) is 6.92 Å². The highest BCUT2D eigenvalue weighted by molar-refractivity contribution is 7.92. The highest BCUT2D eigenvalue weighted by atomic mass is 32.2. The first-order chi connectivity index (χ1) is 10.9. The Morgan fingerprint density at radius 3 is 2.52 bits per heavy atom. The molecular weight excluding hydrogens is 328 g/mol. The summed E-state index contributed by atoms with van der Waals surface area (Å²) in [4.78, 5) is -0.585. The van der Waals surface area contributed by atoms with Gasteiger partial charge in [0.05, 0.1) is 5.69 Å². The van der Waals surface area contributed by atoms with Crippen LogP contribution in [0, 0.1) is 11.6 Å². The average Bonchev–Trinajstić information content (AvgIpc) is 2.94. The maximum atomic E-state index is 13.9. The van der Waals surface area contributed by atoms with Crippen LogP contribution in [0.5, 0.6) is 11.5 Å². The molecule has 1 aliphatic rings. The van der Waals surface area contributed by atoms with Crippen LogP contribution in [0.2, 0.25) is 0 Å². The van der Waals surface area contributed by atoms with Gasteiger partial charge in [0.1, 0.15) is 16.5 Å². The summed E-state index contributed by atoms with van der Waals surface area (Å²) in [6.07, 6.45) is 0. The van der Waals surface area contributed by atoms with Crippen molar-refractivity contribution in [3.05, 3.63) is 48.0 Å². The van der Waals surface area contributed by atoms with Gasteiger partial charge in [-0.2, -0.15) is 0 Å². The molecule has 1 heterocycles. The van der Waals surface area contributed by atoms with Gasteiger partial charge in [-0.1, -0.05) is 0 Å². The largest absolute Gasteiger partial charge is 0.454 e. The number of rotatable bonds is 4. The molecule has 2 aromatic rings. The molecule has 0 saturated heterocycles. The Labute approximate surface area is 132 Å². The number of sulfonamides is 1. The van der Waals surface area contributed by atoms with E-state index in [0.717, 1.165) is 16.4 Å². The van der Waals surface area contributed by atoms with Crippen molar-refractivity contribution >= 4 is 15.7 Å². The molecule has 0 fully saturated rings. The minimum Gasteiger partial charge on any atom is -0.454 e. The van der Waals surface area contributed by atoms with Gasteiger partial charge in [0, 0.05) is 18.7 Å². The molecule has 0 bridgehead atoms. The molecule has 0 radical (unpaired) electrons. The van der Waals surface area contributed by atoms with E-state index >= 15 is 0 Å². The fourth-order valence-electron chi connectivity index (χ4n) is 2.33. The van der Waals surface area contributed by atoms with E-state index in [0.29, 0.717) is 23.3 Å². The molecule has 0 aromatic heterocycles. The van der Waals surface area contributed by atoms with E-state index < -0.39 is 26.6 Å². The molecule has 122 valence electrons. The summed E-state index contributed by atoms with van der Waals surface area (Å²) in [5, 5.41) is 0. The smallest absolute Gasteiger partial charge is 0.267 e. The molecule has 0 N–H and O–H groups in total. The number of fused-ring (bicyclic) bond motifs is 1. The Morgan fingerprint density at radius 1 is 1.09 bits per heavy atom. The fourth-order valence-corrected chi connectivity index (χ4v) is 3.85. The van der Waals surface area contributed by atoms with Crippen LogP contribution in [-0.4, -0.2) is 21.8 Å². The van der Waals surface area contributed by atoms with Crippen LogP contribution in [0.15, 0.2) is 41.3 Å². The van der Waals surface area contributed by atoms with Gasteiger partial charge in [-0.25, -0.2) is 17.2 Å². The minimum atomic E-state index is -4.17. The van der Waals surface area contributed by atoms with E-state index in [1.807, 2.05) is 0 Å². The lowest BCUT2D eigenvalue weighted by molar-refractivity contribution is 0.174. The van der Waals surface area contributed by atoms with Gasteiger partial charge >= 0.3 is 0 Å².